The molecule has 4 aromatic carbocycles. The molecule has 0 aliphatic rings. The largest absolute Gasteiger partial charge is 0.273 e. The maximum atomic E-state index is 13.1. The highest BCUT2D eigenvalue weighted by molar-refractivity contribution is 5.98. The Labute approximate surface area is 449 Å². The van der Waals surface area contributed by atoms with E-state index in [-0.39, 0.29) is 17.7 Å². The average molecular weight is 1030 g/mol. The lowest BCUT2D eigenvalue weighted by Crippen LogP contribution is -2.41. The monoisotopic (exact) mass is 1030 g/mol. The Balaban J connectivity index is 1.38. The van der Waals surface area contributed by atoms with Crippen LogP contribution in [0.3, 0.4) is 0 Å². The summed E-state index contributed by atoms with van der Waals surface area (Å²) in [5, 5.41) is 0. The molecule has 75 heavy (non-hydrogen) atoms. The summed E-state index contributed by atoms with van der Waals surface area (Å²) in [7, 11) is 0. The third kappa shape index (κ3) is 25.2. The molecule has 0 radical (unpaired) electrons. The Morgan fingerprint density at radius 1 is 0.253 bits per heavy atom. The van der Waals surface area contributed by atoms with Crippen LogP contribution in [-0.2, 0) is 14.4 Å². The highest BCUT2D eigenvalue weighted by Gasteiger charge is 2.14. The third-order valence-electron chi connectivity index (χ3n) is 13.8. The van der Waals surface area contributed by atoms with Crippen LogP contribution in [0.15, 0.2) is 91.0 Å². The van der Waals surface area contributed by atoms with Crippen LogP contribution in [0.2, 0.25) is 0 Å². The Kier molecular flexibility index (Phi) is 30.6. The second-order valence-corrected chi connectivity index (χ2v) is 20.3. The topological polar surface area (TPSA) is 175 Å². The number of carbonyl (C=O) groups excluding carboxylic acids is 6. The first-order valence-electron chi connectivity index (χ1n) is 28.9. The highest BCUT2D eigenvalue weighted by Crippen LogP contribution is 2.34. The van der Waals surface area contributed by atoms with Gasteiger partial charge in [0.15, 0.2) is 0 Å². The molecule has 0 saturated heterocycles. The summed E-state index contributed by atoms with van der Waals surface area (Å²) in [6, 6.07) is 27.6. The van der Waals surface area contributed by atoms with Crippen molar-refractivity contribution >= 4 is 35.4 Å². The number of carbonyl (C=O) groups is 6. The summed E-state index contributed by atoms with van der Waals surface area (Å²) < 4.78 is 0. The van der Waals surface area contributed by atoms with Crippen molar-refractivity contribution in [2.45, 2.75) is 213 Å². The minimum absolute atomic E-state index is 0.215. The maximum Gasteiger partial charge on any atom is 0.269 e. The van der Waals surface area contributed by atoms with Gasteiger partial charge in [0, 0.05) is 36.0 Å². The normalized spacial score (nSPS) is 10.9. The van der Waals surface area contributed by atoms with Gasteiger partial charge in [-0.3, -0.25) is 61.3 Å². The molecule has 0 aliphatic carbocycles. The van der Waals surface area contributed by atoms with Crippen molar-refractivity contribution in [2.24, 2.45) is 0 Å². The molecule has 0 atom stereocenters. The van der Waals surface area contributed by atoms with E-state index in [0.29, 0.717) is 36.0 Å². The average Bonchev–Trinajstić information content (AvgIpc) is 3.44. The third-order valence-corrected chi connectivity index (χ3v) is 13.8. The van der Waals surface area contributed by atoms with Crippen LogP contribution in [0.5, 0.6) is 0 Å². The maximum absolute atomic E-state index is 13.1. The van der Waals surface area contributed by atoms with E-state index in [4.69, 9.17) is 0 Å². The van der Waals surface area contributed by atoms with E-state index >= 15 is 0 Å². The van der Waals surface area contributed by atoms with Gasteiger partial charge in [0.05, 0.1) is 0 Å². The van der Waals surface area contributed by atoms with Crippen molar-refractivity contribution in [3.05, 3.63) is 108 Å². The zero-order valence-corrected chi connectivity index (χ0v) is 45.8. The first-order chi connectivity index (χ1) is 36.6. The fraction of sp³-hybridized carbons (Fsp3) is 0.524. The van der Waals surface area contributed by atoms with Crippen LogP contribution < -0.4 is 32.6 Å². The summed E-state index contributed by atoms with van der Waals surface area (Å²) in [4.78, 5) is 76.8. The Morgan fingerprint density at radius 2 is 0.453 bits per heavy atom. The predicted octanol–water partition coefficient (Wildman–Crippen LogP) is 14.7. The van der Waals surface area contributed by atoms with Gasteiger partial charge in [-0.15, -0.1) is 0 Å². The Bertz CT molecular complexity index is 2030. The molecule has 6 amide bonds. The number of benzene rings is 4. The molecule has 12 nitrogen and oxygen atoms in total. The molecule has 0 unspecified atom stereocenters. The molecular weight excluding hydrogens is 937 g/mol. The van der Waals surface area contributed by atoms with Gasteiger partial charge in [0.25, 0.3) is 17.7 Å². The Morgan fingerprint density at radius 3 is 0.667 bits per heavy atom. The molecule has 0 fully saturated rings. The van der Waals surface area contributed by atoms with Crippen molar-refractivity contribution in [1.82, 2.24) is 32.6 Å². The van der Waals surface area contributed by atoms with Crippen molar-refractivity contribution < 1.29 is 28.8 Å². The predicted molar refractivity (Wildman–Crippen MR) is 305 cm³/mol. The van der Waals surface area contributed by atoms with Crippen LogP contribution in [0.1, 0.15) is 244 Å². The molecule has 12 heteroatoms. The van der Waals surface area contributed by atoms with Crippen LogP contribution in [-0.4, -0.2) is 35.4 Å². The second-order valence-electron chi connectivity index (χ2n) is 20.3. The molecule has 408 valence electrons. The van der Waals surface area contributed by atoms with E-state index in [1.165, 1.54) is 116 Å². The fourth-order valence-electron chi connectivity index (χ4n) is 9.14. The highest BCUT2D eigenvalue weighted by atomic mass is 16.2. The smallest absolute Gasteiger partial charge is 0.269 e. The lowest BCUT2D eigenvalue weighted by molar-refractivity contribution is -0.122. The standard InChI is InChI=1S/C63H90N6O6/c1-4-7-10-13-16-19-22-25-28-31-58(70)64-67-61(73)52-40-34-49(35-41-52)55-46-56(50-36-42-53(43-37-50)62(74)68-65-59(71)32-29-26-23-20-17-14-11-8-5-2)48-57(47-55)51-38-44-54(45-39-51)63(75)69-66-60(72)33-30-27-24-21-18-15-12-9-6-3/h34-48H,4-33H2,1-3H3,(H,64,70)(H,65,71)(H,66,72)(H,67,73)(H,68,74)(H,69,75). The van der Waals surface area contributed by atoms with Crippen molar-refractivity contribution in [2.75, 3.05) is 0 Å². The van der Waals surface area contributed by atoms with Gasteiger partial charge in [0.1, 0.15) is 0 Å². The molecule has 4 aromatic rings. The summed E-state index contributed by atoms with van der Waals surface area (Å²) in [5.74, 6) is -1.89. The van der Waals surface area contributed by atoms with Gasteiger partial charge in [-0.2, -0.15) is 0 Å². The van der Waals surface area contributed by atoms with Crippen molar-refractivity contribution in [1.29, 1.82) is 0 Å². The first kappa shape index (κ1) is 61.2. The minimum Gasteiger partial charge on any atom is -0.273 e. The van der Waals surface area contributed by atoms with Crippen LogP contribution in [0, 0.1) is 0 Å². The van der Waals surface area contributed by atoms with Crippen LogP contribution >= 0.6 is 0 Å². The second kappa shape index (κ2) is 37.4. The lowest BCUT2D eigenvalue weighted by Gasteiger charge is -2.13. The van der Waals surface area contributed by atoms with Gasteiger partial charge >= 0.3 is 0 Å². The number of hydrazine groups is 3. The molecule has 6 N–H and O–H groups in total. The number of hydrogen-bond donors (Lipinski definition) is 6. The summed E-state index contributed by atoms with van der Waals surface area (Å²) in [6.45, 7) is 6.66. The summed E-state index contributed by atoms with van der Waals surface area (Å²) in [6.07, 6.45) is 32.3. The number of rotatable bonds is 36. The van der Waals surface area contributed by atoms with Gasteiger partial charge in [0.2, 0.25) is 17.7 Å². The Hall–Kier alpha value is -6.30. The fourth-order valence-corrected chi connectivity index (χ4v) is 9.14. The van der Waals surface area contributed by atoms with E-state index in [9.17, 15) is 28.8 Å². The summed E-state index contributed by atoms with van der Waals surface area (Å²) in [5.41, 5.74) is 21.6. The van der Waals surface area contributed by atoms with E-state index in [1.807, 2.05) is 54.6 Å². The zero-order valence-electron chi connectivity index (χ0n) is 45.8. The molecular formula is C63H90N6O6. The van der Waals surface area contributed by atoms with Crippen LogP contribution in [0.4, 0.5) is 0 Å². The van der Waals surface area contributed by atoms with Crippen molar-refractivity contribution in [3.8, 4) is 33.4 Å². The van der Waals surface area contributed by atoms with Gasteiger partial charge in [-0.1, -0.05) is 211 Å². The van der Waals surface area contributed by atoms with E-state index in [0.717, 1.165) is 91.2 Å². The zero-order chi connectivity index (χ0) is 53.7. The van der Waals surface area contributed by atoms with Gasteiger partial charge < -0.3 is 0 Å². The number of hydrogen-bond acceptors (Lipinski definition) is 6. The SMILES string of the molecule is CCCCCCCCCCCC(=O)NNC(=O)c1ccc(-c2cc(-c3ccc(C(=O)NNC(=O)CCCCCCCCCCC)cc3)cc(-c3ccc(C(=O)NNC(=O)CCCCCCCCCCC)cc3)c2)cc1. The lowest BCUT2D eigenvalue weighted by atomic mass is 9.92. The van der Waals surface area contributed by atoms with E-state index in [1.54, 1.807) is 36.4 Å². The molecule has 0 saturated carbocycles. The van der Waals surface area contributed by atoms with E-state index in [2.05, 4.69) is 53.3 Å². The van der Waals surface area contributed by atoms with Gasteiger partial charge in [-0.25, -0.2) is 0 Å². The molecule has 0 spiro atoms. The van der Waals surface area contributed by atoms with Crippen LogP contribution in [0.25, 0.3) is 33.4 Å². The number of amides is 6. The number of nitrogens with one attached hydrogen (secondary N) is 6. The van der Waals surface area contributed by atoms with Gasteiger partial charge in [-0.05, 0) is 107 Å². The molecule has 0 bridgehead atoms. The van der Waals surface area contributed by atoms with Crippen molar-refractivity contribution in [3.63, 3.8) is 0 Å². The molecule has 0 aromatic heterocycles. The molecule has 0 aliphatic heterocycles. The van der Waals surface area contributed by atoms with E-state index < -0.39 is 17.7 Å². The number of unbranched alkanes of at least 4 members (excludes halogenated alkanes) is 24. The minimum atomic E-state index is -0.415. The summed E-state index contributed by atoms with van der Waals surface area (Å²) >= 11 is 0. The quantitative estimate of drug-likeness (QED) is 0.0195. The first-order valence-corrected chi connectivity index (χ1v) is 28.9. The molecule has 4 rings (SSSR count). The molecule has 0 heterocycles.